The largest absolute Gasteiger partial charge is 0.482 e. The molecule has 0 saturated carbocycles. The predicted molar refractivity (Wildman–Crippen MR) is 89.1 cm³/mol. The molecule has 1 aliphatic heterocycles. The minimum atomic E-state index is -0.267. The van der Waals surface area contributed by atoms with Crippen molar-refractivity contribution in [1.29, 1.82) is 0 Å². The van der Waals surface area contributed by atoms with Crippen molar-refractivity contribution in [3.05, 3.63) is 53.1 Å². The highest BCUT2D eigenvalue weighted by Crippen LogP contribution is 2.32. The Morgan fingerprint density at radius 1 is 1.26 bits per heavy atom. The number of amides is 2. The van der Waals surface area contributed by atoms with Crippen LogP contribution in [0.5, 0.6) is 5.75 Å². The van der Waals surface area contributed by atoms with Crippen LogP contribution in [0.2, 0.25) is 0 Å². The standard InChI is InChI=1S/C18H18N2O3/c1-3-12-7-4-6-11(2)16(12)20-18(22)13-8-5-9-14-17(13)19-15(21)10-23-14/h4-9H,3,10H2,1-2H3,(H,19,21)(H,20,22). The highest BCUT2D eigenvalue weighted by molar-refractivity contribution is 6.12. The minimum absolute atomic E-state index is 0.0319. The number of hydrogen-bond donors (Lipinski definition) is 2. The number of carbonyl (C=O) groups excluding carboxylic acids is 2. The number of benzene rings is 2. The number of para-hydroxylation sites is 2. The number of aryl methyl sites for hydroxylation is 2. The number of nitrogens with one attached hydrogen (secondary N) is 2. The van der Waals surface area contributed by atoms with Crippen LogP contribution in [0.3, 0.4) is 0 Å². The third-order valence-corrected chi connectivity index (χ3v) is 3.87. The summed E-state index contributed by atoms with van der Waals surface area (Å²) in [4.78, 5) is 24.2. The maximum atomic E-state index is 12.7. The zero-order valence-corrected chi connectivity index (χ0v) is 13.1. The van der Waals surface area contributed by atoms with E-state index in [1.807, 2.05) is 32.0 Å². The SMILES string of the molecule is CCc1cccc(C)c1NC(=O)c1cccc2c1NC(=O)CO2. The molecule has 1 heterocycles. The van der Waals surface area contributed by atoms with E-state index in [9.17, 15) is 9.59 Å². The number of hydrogen-bond acceptors (Lipinski definition) is 3. The van der Waals surface area contributed by atoms with E-state index in [-0.39, 0.29) is 18.4 Å². The summed E-state index contributed by atoms with van der Waals surface area (Å²) in [5.41, 5.74) is 3.71. The third-order valence-electron chi connectivity index (χ3n) is 3.87. The van der Waals surface area contributed by atoms with Gasteiger partial charge in [0.25, 0.3) is 11.8 Å². The normalized spacial score (nSPS) is 12.9. The van der Waals surface area contributed by atoms with E-state index in [1.54, 1.807) is 18.2 Å². The van der Waals surface area contributed by atoms with Gasteiger partial charge in [-0.2, -0.15) is 0 Å². The molecule has 0 bridgehead atoms. The number of rotatable bonds is 3. The van der Waals surface area contributed by atoms with Crippen molar-refractivity contribution in [2.45, 2.75) is 20.3 Å². The van der Waals surface area contributed by atoms with Crippen LogP contribution in [0.15, 0.2) is 36.4 Å². The summed E-state index contributed by atoms with van der Waals surface area (Å²) in [7, 11) is 0. The molecule has 0 aliphatic carbocycles. The first-order valence-corrected chi connectivity index (χ1v) is 7.55. The van der Waals surface area contributed by atoms with Gasteiger partial charge in [-0.3, -0.25) is 9.59 Å². The molecule has 5 heteroatoms. The second-order valence-electron chi connectivity index (χ2n) is 5.43. The lowest BCUT2D eigenvalue weighted by Gasteiger charge is -2.21. The Morgan fingerprint density at radius 3 is 2.83 bits per heavy atom. The maximum absolute atomic E-state index is 12.7. The van der Waals surface area contributed by atoms with Gasteiger partial charge in [0, 0.05) is 5.69 Å². The van der Waals surface area contributed by atoms with Gasteiger partial charge < -0.3 is 15.4 Å². The summed E-state index contributed by atoms with van der Waals surface area (Å²) >= 11 is 0. The first-order valence-electron chi connectivity index (χ1n) is 7.55. The third kappa shape index (κ3) is 2.90. The van der Waals surface area contributed by atoms with Gasteiger partial charge in [0.15, 0.2) is 6.61 Å². The first kappa shape index (κ1) is 15.1. The summed E-state index contributed by atoms with van der Waals surface area (Å²) in [6, 6.07) is 11.1. The molecule has 0 saturated heterocycles. The Hall–Kier alpha value is -2.82. The molecule has 0 fully saturated rings. The molecule has 5 nitrogen and oxygen atoms in total. The molecule has 0 aromatic heterocycles. The highest BCUT2D eigenvalue weighted by atomic mass is 16.5. The number of ether oxygens (including phenoxy) is 1. The van der Waals surface area contributed by atoms with Gasteiger partial charge in [-0.05, 0) is 36.6 Å². The van der Waals surface area contributed by atoms with Crippen molar-refractivity contribution in [1.82, 2.24) is 0 Å². The summed E-state index contributed by atoms with van der Waals surface area (Å²) in [6.07, 6.45) is 0.823. The van der Waals surface area contributed by atoms with Crippen molar-refractivity contribution in [3.8, 4) is 5.75 Å². The van der Waals surface area contributed by atoms with E-state index in [0.29, 0.717) is 17.0 Å². The Balaban J connectivity index is 1.95. The zero-order valence-electron chi connectivity index (χ0n) is 13.1. The van der Waals surface area contributed by atoms with Crippen LogP contribution < -0.4 is 15.4 Å². The van der Waals surface area contributed by atoms with Crippen LogP contribution in [0, 0.1) is 6.92 Å². The van der Waals surface area contributed by atoms with Gasteiger partial charge in [0.1, 0.15) is 5.75 Å². The fraction of sp³-hybridized carbons (Fsp3) is 0.222. The zero-order chi connectivity index (χ0) is 16.4. The second kappa shape index (κ2) is 6.12. The molecule has 1 aliphatic rings. The van der Waals surface area contributed by atoms with E-state index >= 15 is 0 Å². The molecule has 23 heavy (non-hydrogen) atoms. The van der Waals surface area contributed by atoms with E-state index in [1.165, 1.54) is 0 Å². The maximum Gasteiger partial charge on any atom is 0.262 e. The molecule has 3 rings (SSSR count). The highest BCUT2D eigenvalue weighted by Gasteiger charge is 2.22. The van der Waals surface area contributed by atoms with Crippen molar-refractivity contribution in [3.63, 3.8) is 0 Å². The predicted octanol–water partition coefficient (Wildman–Crippen LogP) is 3.14. The summed E-state index contributed by atoms with van der Waals surface area (Å²) in [5, 5.41) is 5.68. The number of anilines is 2. The molecule has 0 unspecified atom stereocenters. The Bertz CT molecular complexity index is 784. The molecule has 0 atom stereocenters. The lowest BCUT2D eigenvalue weighted by atomic mass is 10.0. The van der Waals surface area contributed by atoms with Crippen LogP contribution >= 0.6 is 0 Å². The lowest BCUT2D eigenvalue weighted by molar-refractivity contribution is -0.118. The Kier molecular flexibility index (Phi) is 4.02. The molecule has 0 radical (unpaired) electrons. The van der Waals surface area contributed by atoms with Crippen molar-refractivity contribution in [2.24, 2.45) is 0 Å². The van der Waals surface area contributed by atoms with Gasteiger partial charge in [-0.1, -0.05) is 31.2 Å². The average Bonchev–Trinajstić information content (AvgIpc) is 2.56. The average molecular weight is 310 g/mol. The molecule has 2 aromatic carbocycles. The van der Waals surface area contributed by atoms with Crippen molar-refractivity contribution >= 4 is 23.2 Å². The van der Waals surface area contributed by atoms with Crippen LogP contribution in [0.1, 0.15) is 28.4 Å². The molecule has 2 aromatic rings. The Labute approximate surface area is 134 Å². The summed E-state index contributed by atoms with van der Waals surface area (Å²) in [5.74, 6) is -0.0164. The van der Waals surface area contributed by atoms with Crippen molar-refractivity contribution < 1.29 is 14.3 Å². The second-order valence-corrected chi connectivity index (χ2v) is 5.43. The molecule has 118 valence electrons. The van der Waals surface area contributed by atoms with Gasteiger partial charge in [-0.25, -0.2) is 0 Å². The fourth-order valence-electron chi connectivity index (χ4n) is 2.67. The monoisotopic (exact) mass is 310 g/mol. The van der Waals surface area contributed by atoms with Crippen LogP contribution in [-0.2, 0) is 11.2 Å². The quantitative estimate of drug-likeness (QED) is 0.915. The van der Waals surface area contributed by atoms with Crippen LogP contribution in [-0.4, -0.2) is 18.4 Å². The lowest BCUT2D eigenvalue weighted by Crippen LogP contribution is -2.28. The van der Waals surface area contributed by atoms with Crippen LogP contribution in [0.25, 0.3) is 0 Å². The smallest absolute Gasteiger partial charge is 0.262 e. The van der Waals surface area contributed by atoms with Crippen molar-refractivity contribution in [2.75, 3.05) is 17.2 Å². The van der Waals surface area contributed by atoms with Crippen LogP contribution in [0.4, 0.5) is 11.4 Å². The topological polar surface area (TPSA) is 67.4 Å². The fourth-order valence-corrected chi connectivity index (χ4v) is 2.67. The molecule has 2 N–H and O–H groups in total. The molecule has 0 spiro atoms. The molecular formula is C18H18N2O3. The van der Waals surface area contributed by atoms with Gasteiger partial charge in [0.2, 0.25) is 0 Å². The van der Waals surface area contributed by atoms with E-state index in [4.69, 9.17) is 4.74 Å². The first-order chi connectivity index (χ1) is 11.1. The van der Waals surface area contributed by atoms with E-state index < -0.39 is 0 Å². The molecule has 2 amide bonds. The molecular weight excluding hydrogens is 292 g/mol. The number of carbonyl (C=O) groups is 2. The van der Waals surface area contributed by atoms with Gasteiger partial charge in [0.05, 0.1) is 11.3 Å². The minimum Gasteiger partial charge on any atom is -0.482 e. The summed E-state index contributed by atoms with van der Waals surface area (Å²) in [6.45, 7) is 3.97. The summed E-state index contributed by atoms with van der Waals surface area (Å²) < 4.78 is 5.35. The van der Waals surface area contributed by atoms with Gasteiger partial charge >= 0.3 is 0 Å². The number of fused-ring (bicyclic) bond motifs is 1. The van der Waals surface area contributed by atoms with Gasteiger partial charge in [-0.15, -0.1) is 0 Å². The van der Waals surface area contributed by atoms with E-state index in [2.05, 4.69) is 10.6 Å². The van der Waals surface area contributed by atoms with E-state index in [0.717, 1.165) is 23.2 Å². The Morgan fingerprint density at radius 2 is 2.04 bits per heavy atom.